The number of hydrogen-bond donors (Lipinski definition) is 2. The van der Waals surface area contributed by atoms with Crippen molar-refractivity contribution < 1.29 is 23.8 Å². The van der Waals surface area contributed by atoms with Gasteiger partial charge in [-0.1, -0.05) is 0 Å². The standard InChI is InChI=1S/C17H16FN3O4/c1-25-17(24)13-9-21(4-5-22)16(23)15(13)20-12-2-3-14-10(7-12)6-11(18)8-19-14/h2-3,6-8,20,22H,4-5,9H2,1H3. The van der Waals surface area contributed by atoms with Crippen LogP contribution in [0.1, 0.15) is 0 Å². The smallest absolute Gasteiger partial charge is 0.337 e. The summed E-state index contributed by atoms with van der Waals surface area (Å²) >= 11 is 0. The van der Waals surface area contributed by atoms with Gasteiger partial charge in [0.25, 0.3) is 5.91 Å². The lowest BCUT2D eigenvalue weighted by Gasteiger charge is -2.15. The van der Waals surface area contributed by atoms with Gasteiger partial charge in [-0.2, -0.15) is 0 Å². The molecule has 1 amide bonds. The van der Waals surface area contributed by atoms with E-state index in [4.69, 9.17) is 9.84 Å². The summed E-state index contributed by atoms with van der Waals surface area (Å²) in [5, 5.41) is 12.5. The van der Waals surface area contributed by atoms with Crippen molar-refractivity contribution in [3.05, 3.63) is 47.5 Å². The van der Waals surface area contributed by atoms with Gasteiger partial charge in [0.2, 0.25) is 0 Å². The number of pyridine rings is 1. The Kier molecular flexibility index (Phi) is 4.62. The minimum Gasteiger partial charge on any atom is -0.466 e. The molecule has 2 heterocycles. The van der Waals surface area contributed by atoms with Crippen LogP contribution in [0.15, 0.2) is 41.7 Å². The first-order valence-electron chi connectivity index (χ1n) is 7.57. The number of nitrogens with zero attached hydrogens (tertiary/aromatic N) is 2. The summed E-state index contributed by atoms with van der Waals surface area (Å²) in [6, 6.07) is 6.32. The number of anilines is 1. The molecule has 2 N–H and O–H groups in total. The Hall–Kier alpha value is -3.00. The second-order valence-corrected chi connectivity index (χ2v) is 5.48. The van der Waals surface area contributed by atoms with Crippen LogP contribution in [0.25, 0.3) is 10.9 Å². The van der Waals surface area contributed by atoms with Crippen LogP contribution >= 0.6 is 0 Å². The number of carbonyl (C=O) groups excluding carboxylic acids is 2. The number of amides is 1. The molecule has 0 spiro atoms. The summed E-state index contributed by atoms with van der Waals surface area (Å²) in [5.74, 6) is -1.50. The van der Waals surface area contributed by atoms with E-state index in [1.807, 2.05) is 0 Å². The van der Waals surface area contributed by atoms with Crippen molar-refractivity contribution in [1.29, 1.82) is 0 Å². The number of esters is 1. The van der Waals surface area contributed by atoms with Crippen molar-refractivity contribution in [3.63, 3.8) is 0 Å². The van der Waals surface area contributed by atoms with E-state index in [1.165, 1.54) is 18.1 Å². The number of aliphatic hydroxyl groups excluding tert-OH is 1. The molecule has 0 radical (unpaired) electrons. The van der Waals surface area contributed by atoms with E-state index >= 15 is 0 Å². The normalized spacial score (nSPS) is 14.4. The zero-order valence-electron chi connectivity index (χ0n) is 13.5. The Bertz CT molecular complexity index is 881. The minimum atomic E-state index is -0.621. The maximum absolute atomic E-state index is 13.3. The predicted octanol–water partition coefficient (Wildman–Crippen LogP) is 1.05. The third-order valence-electron chi connectivity index (χ3n) is 3.87. The van der Waals surface area contributed by atoms with Gasteiger partial charge in [0, 0.05) is 17.6 Å². The number of benzene rings is 1. The van der Waals surface area contributed by atoms with Crippen LogP contribution < -0.4 is 5.32 Å². The van der Waals surface area contributed by atoms with E-state index in [1.54, 1.807) is 18.2 Å². The van der Waals surface area contributed by atoms with Crippen molar-refractivity contribution in [2.45, 2.75) is 0 Å². The molecule has 0 fully saturated rings. The summed E-state index contributed by atoms with van der Waals surface area (Å²) < 4.78 is 18.1. The molecule has 1 aromatic heterocycles. The molecular formula is C17H16FN3O4. The Morgan fingerprint density at radius 3 is 2.96 bits per heavy atom. The van der Waals surface area contributed by atoms with E-state index in [2.05, 4.69) is 10.3 Å². The fourth-order valence-electron chi connectivity index (χ4n) is 2.68. The summed E-state index contributed by atoms with van der Waals surface area (Å²) in [5.41, 5.74) is 1.38. The van der Waals surface area contributed by atoms with Crippen LogP contribution in [-0.4, -0.2) is 53.7 Å². The van der Waals surface area contributed by atoms with E-state index < -0.39 is 17.7 Å². The molecule has 0 saturated carbocycles. The zero-order valence-corrected chi connectivity index (χ0v) is 13.5. The first kappa shape index (κ1) is 16.8. The van der Waals surface area contributed by atoms with Crippen LogP contribution in [0.4, 0.5) is 10.1 Å². The van der Waals surface area contributed by atoms with Crippen molar-refractivity contribution in [1.82, 2.24) is 9.88 Å². The van der Waals surface area contributed by atoms with Gasteiger partial charge in [-0.25, -0.2) is 9.18 Å². The second kappa shape index (κ2) is 6.86. The molecule has 1 aliphatic rings. The average Bonchev–Trinajstić information content (AvgIpc) is 2.91. The van der Waals surface area contributed by atoms with Crippen LogP contribution in [0, 0.1) is 5.82 Å². The summed E-state index contributed by atoms with van der Waals surface area (Å²) in [7, 11) is 1.23. The number of methoxy groups -OCH3 is 1. The number of aromatic nitrogens is 1. The predicted molar refractivity (Wildman–Crippen MR) is 88.0 cm³/mol. The molecule has 0 saturated heterocycles. The fourth-order valence-corrected chi connectivity index (χ4v) is 2.68. The Morgan fingerprint density at radius 2 is 2.24 bits per heavy atom. The van der Waals surface area contributed by atoms with Crippen LogP contribution in [0.5, 0.6) is 0 Å². The number of aliphatic hydroxyl groups is 1. The molecule has 1 aromatic carbocycles. The van der Waals surface area contributed by atoms with E-state index in [-0.39, 0.29) is 31.0 Å². The molecule has 0 bridgehead atoms. The third kappa shape index (κ3) is 3.29. The lowest BCUT2D eigenvalue weighted by molar-refractivity contribution is -0.136. The first-order valence-corrected chi connectivity index (χ1v) is 7.57. The molecule has 0 atom stereocenters. The third-order valence-corrected chi connectivity index (χ3v) is 3.87. The van der Waals surface area contributed by atoms with Gasteiger partial charge in [-0.3, -0.25) is 9.78 Å². The number of nitrogens with one attached hydrogen (secondary N) is 1. The van der Waals surface area contributed by atoms with Gasteiger partial charge in [-0.05, 0) is 24.3 Å². The molecule has 0 aliphatic carbocycles. The minimum absolute atomic E-state index is 0.0537. The highest BCUT2D eigenvalue weighted by atomic mass is 19.1. The number of hydrogen-bond acceptors (Lipinski definition) is 6. The molecule has 3 rings (SSSR count). The number of fused-ring (bicyclic) bond motifs is 1. The highest BCUT2D eigenvalue weighted by Gasteiger charge is 2.34. The second-order valence-electron chi connectivity index (χ2n) is 5.48. The lowest BCUT2D eigenvalue weighted by Crippen LogP contribution is -2.31. The average molecular weight is 345 g/mol. The molecule has 7 nitrogen and oxygen atoms in total. The van der Waals surface area contributed by atoms with Gasteiger partial charge in [0.15, 0.2) is 0 Å². The van der Waals surface area contributed by atoms with Crippen molar-refractivity contribution in [3.8, 4) is 0 Å². The zero-order chi connectivity index (χ0) is 18.0. The van der Waals surface area contributed by atoms with E-state index in [0.717, 1.165) is 6.20 Å². The number of rotatable bonds is 5. The summed E-state index contributed by atoms with van der Waals surface area (Å²) in [6.07, 6.45) is 1.13. The molecule has 25 heavy (non-hydrogen) atoms. The van der Waals surface area contributed by atoms with Crippen LogP contribution in [0.2, 0.25) is 0 Å². The lowest BCUT2D eigenvalue weighted by atomic mass is 10.1. The molecule has 1 aliphatic heterocycles. The highest BCUT2D eigenvalue weighted by Crippen LogP contribution is 2.25. The van der Waals surface area contributed by atoms with Gasteiger partial charge >= 0.3 is 5.97 Å². The molecule has 130 valence electrons. The number of halogens is 1. The van der Waals surface area contributed by atoms with Crippen molar-refractivity contribution in [2.24, 2.45) is 0 Å². The van der Waals surface area contributed by atoms with Crippen LogP contribution in [0.3, 0.4) is 0 Å². The Labute approximate surface area is 142 Å². The van der Waals surface area contributed by atoms with Crippen molar-refractivity contribution >= 4 is 28.5 Å². The van der Waals surface area contributed by atoms with E-state index in [9.17, 15) is 14.0 Å². The Morgan fingerprint density at radius 1 is 1.44 bits per heavy atom. The topological polar surface area (TPSA) is 91.8 Å². The largest absolute Gasteiger partial charge is 0.466 e. The van der Waals surface area contributed by atoms with Crippen LogP contribution in [-0.2, 0) is 14.3 Å². The SMILES string of the molecule is COC(=O)C1=C(Nc2ccc3ncc(F)cc3c2)C(=O)N(CCO)C1. The summed E-state index contributed by atoms with van der Waals surface area (Å²) in [6.45, 7) is -0.0517. The molecule has 2 aromatic rings. The van der Waals surface area contributed by atoms with Gasteiger partial charge in [-0.15, -0.1) is 0 Å². The first-order chi connectivity index (χ1) is 12.0. The molecular weight excluding hydrogens is 329 g/mol. The maximum atomic E-state index is 13.3. The quantitative estimate of drug-likeness (QED) is 0.787. The van der Waals surface area contributed by atoms with Gasteiger partial charge in [0.1, 0.15) is 11.5 Å². The number of ether oxygens (including phenoxy) is 1. The summed E-state index contributed by atoms with van der Waals surface area (Å²) in [4.78, 5) is 29.7. The highest BCUT2D eigenvalue weighted by molar-refractivity contribution is 6.08. The number of carbonyl (C=O) groups is 2. The number of β-amino-alcohol motifs (C(OH)–C–C–N with tert-alkyl or cyclic N) is 1. The molecule has 0 unspecified atom stereocenters. The monoisotopic (exact) mass is 345 g/mol. The van der Waals surface area contributed by atoms with Gasteiger partial charge in [0.05, 0.1) is 37.5 Å². The maximum Gasteiger partial charge on any atom is 0.337 e. The van der Waals surface area contributed by atoms with E-state index in [0.29, 0.717) is 16.6 Å². The van der Waals surface area contributed by atoms with Gasteiger partial charge < -0.3 is 20.1 Å². The fraction of sp³-hybridized carbons (Fsp3) is 0.235. The Balaban J connectivity index is 1.95. The molecule has 8 heteroatoms. The van der Waals surface area contributed by atoms with Crippen molar-refractivity contribution in [2.75, 3.05) is 32.1 Å².